The molecule has 130 valence electrons. The molecule has 0 aromatic heterocycles. The standard InChI is InChI=1S/C19H18FNO4/c1-12-3-2-4-14(11-12)18(19(24)25)21-17(23)10-9-16(22)13-5-7-15(20)8-6-13/h2-8,11,18H,9-10H2,1H3,(H,21,23)(H,24,25)/t18-/m1/s1. The third kappa shape index (κ3) is 5.24. The van der Waals surface area contributed by atoms with E-state index in [-0.39, 0.29) is 18.6 Å². The number of Topliss-reactive ketones (excluding diaryl/α,β-unsaturated/α-hetero) is 1. The van der Waals surface area contributed by atoms with Crippen LogP contribution in [0.3, 0.4) is 0 Å². The molecule has 1 amide bonds. The van der Waals surface area contributed by atoms with Crippen LogP contribution >= 0.6 is 0 Å². The Morgan fingerprint density at radius 2 is 1.76 bits per heavy atom. The van der Waals surface area contributed by atoms with Gasteiger partial charge >= 0.3 is 5.97 Å². The van der Waals surface area contributed by atoms with Gasteiger partial charge in [-0.2, -0.15) is 0 Å². The second-order valence-electron chi connectivity index (χ2n) is 5.68. The Morgan fingerprint density at radius 3 is 2.36 bits per heavy atom. The van der Waals surface area contributed by atoms with E-state index in [4.69, 9.17) is 0 Å². The molecule has 25 heavy (non-hydrogen) atoms. The van der Waals surface area contributed by atoms with Gasteiger partial charge in [-0.15, -0.1) is 0 Å². The van der Waals surface area contributed by atoms with Crippen molar-refractivity contribution in [3.05, 3.63) is 71.0 Å². The minimum atomic E-state index is -1.18. The van der Waals surface area contributed by atoms with Crippen LogP contribution in [0.5, 0.6) is 0 Å². The molecule has 2 aromatic carbocycles. The summed E-state index contributed by atoms with van der Waals surface area (Å²) in [5, 5.41) is 11.8. The number of nitrogens with one attached hydrogen (secondary N) is 1. The van der Waals surface area contributed by atoms with Gasteiger partial charge in [0.15, 0.2) is 11.8 Å². The van der Waals surface area contributed by atoms with E-state index in [9.17, 15) is 23.9 Å². The molecule has 0 aliphatic carbocycles. The third-order valence-corrected chi connectivity index (χ3v) is 3.67. The molecule has 0 bridgehead atoms. The number of carboxylic acid groups (broad SMARTS) is 1. The second kappa shape index (κ2) is 8.19. The van der Waals surface area contributed by atoms with Crippen molar-refractivity contribution in [3.8, 4) is 0 Å². The third-order valence-electron chi connectivity index (χ3n) is 3.67. The highest BCUT2D eigenvalue weighted by atomic mass is 19.1. The summed E-state index contributed by atoms with van der Waals surface area (Å²) in [6, 6.07) is 10.7. The van der Waals surface area contributed by atoms with Gasteiger partial charge in [-0.1, -0.05) is 29.8 Å². The maximum Gasteiger partial charge on any atom is 0.330 e. The minimum Gasteiger partial charge on any atom is -0.479 e. The topological polar surface area (TPSA) is 83.5 Å². The number of carbonyl (C=O) groups is 3. The van der Waals surface area contributed by atoms with E-state index in [1.54, 1.807) is 18.2 Å². The van der Waals surface area contributed by atoms with Crippen LogP contribution in [0.25, 0.3) is 0 Å². The number of amides is 1. The maximum absolute atomic E-state index is 12.8. The summed E-state index contributed by atoms with van der Waals surface area (Å²) in [5.41, 5.74) is 1.65. The summed E-state index contributed by atoms with van der Waals surface area (Å²) in [7, 11) is 0. The van der Waals surface area contributed by atoms with Gasteiger partial charge in [-0.25, -0.2) is 9.18 Å². The highest BCUT2D eigenvalue weighted by Gasteiger charge is 2.22. The molecule has 2 aromatic rings. The van der Waals surface area contributed by atoms with Crippen molar-refractivity contribution in [2.45, 2.75) is 25.8 Å². The van der Waals surface area contributed by atoms with E-state index >= 15 is 0 Å². The van der Waals surface area contributed by atoms with E-state index in [0.29, 0.717) is 11.1 Å². The molecule has 1 atom stereocenters. The first-order valence-corrected chi connectivity index (χ1v) is 7.74. The van der Waals surface area contributed by atoms with Crippen LogP contribution in [0.15, 0.2) is 48.5 Å². The summed E-state index contributed by atoms with van der Waals surface area (Å²) in [6.07, 6.45) is -0.233. The Hall–Kier alpha value is -3.02. The lowest BCUT2D eigenvalue weighted by molar-refractivity contribution is -0.142. The Kier molecular flexibility index (Phi) is 6.00. The van der Waals surface area contributed by atoms with Gasteiger partial charge in [0, 0.05) is 18.4 Å². The van der Waals surface area contributed by atoms with Crippen molar-refractivity contribution in [1.29, 1.82) is 0 Å². The number of halogens is 1. The van der Waals surface area contributed by atoms with E-state index in [1.165, 1.54) is 24.3 Å². The molecular formula is C19H18FNO4. The molecule has 0 fully saturated rings. The van der Waals surface area contributed by atoms with Crippen LogP contribution in [0, 0.1) is 12.7 Å². The second-order valence-corrected chi connectivity index (χ2v) is 5.68. The van der Waals surface area contributed by atoms with Crippen LogP contribution in [0.4, 0.5) is 4.39 Å². The van der Waals surface area contributed by atoms with Gasteiger partial charge in [0.25, 0.3) is 0 Å². The average Bonchev–Trinajstić information content (AvgIpc) is 2.58. The van der Waals surface area contributed by atoms with Crippen molar-refractivity contribution >= 4 is 17.7 Å². The number of rotatable bonds is 7. The molecule has 0 radical (unpaired) electrons. The smallest absolute Gasteiger partial charge is 0.330 e. The number of hydrogen-bond acceptors (Lipinski definition) is 3. The number of hydrogen-bond donors (Lipinski definition) is 2. The molecular weight excluding hydrogens is 325 g/mol. The van der Waals surface area contributed by atoms with E-state index in [0.717, 1.165) is 5.56 Å². The SMILES string of the molecule is Cc1cccc([C@@H](NC(=O)CCC(=O)c2ccc(F)cc2)C(=O)O)c1. The molecule has 2 N–H and O–H groups in total. The van der Waals surface area contributed by atoms with Gasteiger partial charge in [-0.3, -0.25) is 9.59 Å². The van der Waals surface area contributed by atoms with Crippen LogP contribution in [0.1, 0.15) is 40.4 Å². The molecule has 0 aliphatic rings. The number of carboxylic acids is 1. The largest absolute Gasteiger partial charge is 0.479 e. The van der Waals surface area contributed by atoms with Crippen molar-refractivity contribution in [2.75, 3.05) is 0 Å². The first kappa shape index (κ1) is 18.3. The van der Waals surface area contributed by atoms with Crippen LogP contribution in [0.2, 0.25) is 0 Å². The fourth-order valence-electron chi connectivity index (χ4n) is 2.38. The summed E-state index contributed by atoms with van der Waals surface area (Å²) >= 11 is 0. The number of benzene rings is 2. The Balaban J connectivity index is 1.96. The number of aliphatic carboxylic acids is 1. The van der Waals surface area contributed by atoms with Crippen molar-refractivity contribution in [3.63, 3.8) is 0 Å². The first-order valence-electron chi connectivity index (χ1n) is 7.74. The van der Waals surface area contributed by atoms with Crippen molar-refractivity contribution in [2.24, 2.45) is 0 Å². The molecule has 0 saturated heterocycles. The van der Waals surface area contributed by atoms with Gasteiger partial charge in [0.05, 0.1) is 0 Å². The Bertz CT molecular complexity index is 786. The summed E-state index contributed by atoms with van der Waals surface area (Å²) in [6.45, 7) is 1.82. The summed E-state index contributed by atoms with van der Waals surface area (Å²) in [4.78, 5) is 35.4. The first-order chi connectivity index (χ1) is 11.9. The monoisotopic (exact) mass is 343 g/mol. The van der Waals surface area contributed by atoms with Gasteiger partial charge in [-0.05, 0) is 36.8 Å². The summed E-state index contributed by atoms with van der Waals surface area (Å²) in [5.74, 6) is -2.47. The van der Waals surface area contributed by atoms with Gasteiger partial charge < -0.3 is 10.4 Å². The van der Waals surface area contributed by atoms with Crippen molar-refractivity contribution < 1.29 is 23.9 Å². The molecule has 5 nitrogen and oxygen atoms in total. The lowest BCUT2D eigenvalue weighted by Crippen LogP contribution is -2.33. The molecule has 0 spiro atoms. The highest BCUT2D eigenvalue weighted by Crippen LogP contribution is 2.15. The fraction of sp³-hybridized carbons (Fsp3) is 0.211. The highest BCUT2D eigenvalue weighted by molar-refractivity contribution is 5.98. The van der Waals surface area contributed by atoms with E-state index < -0.39 is 23.7 Å². The zero-order chi connectivity index (χ0) is 18.4. The lowest BCUT2D eigenvalue weighted by Gasteiger charge is -2.15. The van der Waals surface area contributed by atoms with Crippen LogP contribution in [-0.4, -0.2) is 22.8 Å². The molecule has 0 heterocycles. The van der Waals surface area contributed by atoms with Gasteiger partial charge in [0.1, 0.15) is 5.82 Å². The number of aryl methyl sites for hydroxylation is 1. The maximum atomic E-state index is 12.8. The van der Waals surface area contributed by atoms with E-state index in [2.05, 4.69) is 5.32 Å². The number of carbonyl (C=O) groups excluding carboxylic acids is 2. The predicted octanol–water partition coefficient (Wildman–Crippen LogP) is 3.04. The van der Waals surface area contributed by atoms with Crippen LogP contribution in [-0.2, 0) is 9.59 Å². The predicted molar refractivity (Wildman–Crippen MR) is 89.7 cm³/mol. The average molecular weight is 343 g/mol. The fourth-order valence-corrected chi connectivity index (χ4v) is 2.38. The molecule has 2 rings (SSSR count). The summed E-state index contributed by atoms with van der Waals surface area (Å²) < 4.78 is 12.8. The molecule has 0 aliphatic heterocycles. The lowest BCUT2D eigenvalue weighted by atomic mass is 10.0. The van der Waals surface area contributed by atoms with Crippen LogP contribution < -0.4 is 5.32 Å². The molecule has 0 unspecified atom stereocenters. The Morgan fingerprint density at radius 1 is 1.08 bits per heavy atom. The Labute approximate surface area is 144 Å². The molecule has 0 saturated carbocycles. The molecule has 6 heteroatoms. The normalized spacial score (nSPS) is 11.6. The zero-order valence-electron chi connectivity index (χ0n) is 13.7. The minimum absolute atomic E-state index is 0.0857. The van der Waals surface area contributed by atoms with Gasteiger partial charge in [0.2, 0.25) is 5.91 Å². The zero-order valence-corrected chi connectivity index (χ0v) is 13.7. The quantitative estimate of drug-likeness (QED) is 0.757. The van der Waals surface area contributed by atoms with E-state index in [1.807, 2.05) is 13.0 Å². The number of ketones is 1. The van der Waals surface area contributed by atoms with Crippen molar-refractivity contribution in [1.82, 2.24) is 5.32 Å².